The van der Waals surface area contributed by atoms with Gasteiger partial charge in [-0.3, -0.25) is 4.79 Å². The van der Waals surface area contributed by atoms with E-state index in [4.69, 9.17) is 11.6 Å². The van der Waals surface area contributed by atoms with Crippen LogP contribution in [-0.4, -0.2) is 35.5 Å². The summed E-state index contributed by atoms with van der Waals surface area (Å²) in [6.07, 6.45) is 2.08. The SMILES string of the molecule is O=C1CCN(c2nc(Cl)ncc2Br)CCN1. The van der Waals surface area contributed by atoms with E-state index in [1.54, 1.807) is 6.20 Å². The van der Waals surface area contributed by atoms with Gasteiger partial charge in [0.25, 0.3) is 0 Å². The van der Waals surface area contributed by atoms with Crippen LogP contribution in [0.15, 0.2) is 10.7 Å². The minimum atomic E-state index is 0.0683. The van der Waals surface area contributed by atoms with E-state index in [0.717, 1.165) is 16.8 Å². The first kappa shape index (κ1) is 11.6. The number of hydrogen-bond acceptors (Lipinski definition) is 4. The molecule has 2 heterocycles. The maximum absolute atomic E-state index is 11.2. The van der Waals surface area contributed by atoms with Crippen LogP contribution in [0.2, 0.25) is 5.28 Å². The van der Waals surface area contributed by atoms with E-state index in [9.17, 15) is 4.79 Å². The maximum atomic E-state index is 11.2. The molecule has 0 atom stereocenters. The monoisotopic (exact) mass is 304 g/mol. The summed E-state index contributed by atoms with van der Waals surface area (Å²) in [5.74, 6) is 0.801. The highest BCUT2D eigenvalue weighted by molar-refractivity contribution is 9.10. The summed E-state index contributed by atoms with van der Waals surface area (Å²) < 4.78 is 0.784. The molecule has 86 valence electrons. The zero-order chi connectivity index (χ0) is 11.5. The Kier molecular flexibility index (Phi) is 3.60. The van der Waals surface area contributed by atoms with E-state index in [0.29, 0.717) is 19.5 Å². The molecule has 0 spiro atoms. The molecule has 0 saturated carbocycles. The molecule has 0 radical (unpaired) electrons. The van der Waals surface area contributed by atoms with Gasteiger partial charge in [0.2, 0.25) is 11.2 Å². The molecule has 16 heavy (non-hydrogen) atoms. The Morgan fingerprint density at radius 2 is 2.31 bits per heavy atom. The average molecular weight is 306 g/mol. The zero-order valence-corrected chi connectivity index (χ0v) is 10.8. The minimum Gasteiger partial charge on any atom is -0.354 e. The summed E-state index contributed by atoms with van der Waals surface area (Å²) in [5, 5.41) is 3.02. The van der Waals surface area contributed by atoms with Crippen molar-refractivity contribution in [3.63, 3.8) is 0 Å². The Bertz CT molecular complexity index is 414. The van der Waals surface area contributed by atoms with Crippen LogP contribution in [0.1, 0.15) is 6.42 Å². The third kappa shape index (κ3) is 2.62. The van der Waals surface area contributed by atoms with Crippen LogP contribution in [0, 0.1) is 0 Å². The number of amides is 1. The Morgan fingerprint density at radius 1 is 1.50 bits per heavy atom. The summed E-state index contributed by atoms with van der Waals surface area (Å²) in [5.41, 5.74) is 0. The Morgan fingerprint density at radius 3 is 3.12 bits per heavy atom. The van der Waals surface area contributed by atoms with E-state index in [1.807, 2.05) is 4.90 Å². The van der Waals surface area contributed by atoms with Gasteiger partial charge >= 0.3 is 0 Å². The van der Waals surface area contributed by atoms with Crippen LogP contribution in [0.4, 0.5) is 5.82 Å². The van der Waals surface area contributed by atoms with Crippen molar-refractivity contribution in [1.29, 1.82) is 0 Å². The van der Waals surface area contributed by atoms with Gasteiger partial charge in [0.15, 0.2) is 0 Å². The highest BCUT2D eigenvalue weighted by Gasteiger charge is 2.17. The van der Waals surface area contributed by atoms with Gasteiger partial charge in [-0.25, -0.2) is 4.98 Å². The van der Waals surface area contributed by atoms with Crippen molar-refractivity contribution < 1.29 is 4.79 Å². The summed E-state index contributed by atoms with van der Waals surface area (Å²) in [7, 11) is 0. The largest absolute Gasteiger partial charge is 0.354 e. The molecule has 1 fully saturated rings. The zero-order valence-electron chi connectivity index (χ0n) is 8.41. The van der Waals surface area contributed by atoms with Crippen LogP contribution in [0.3, 0.4) is 0 Å². The normalized spacial score (nSPS) is 16.9. The predicted molar refractivity (Wildman–Crippen MR) is 64.6 cm³/mol. The number of halogens is 2. The number of aromatic nitrogens is 2. The second kappa shape index (κ2) is 4.97. The fraction of sp³-hybridized carbons (Fsp3) is 0.444. The standard InChI is InChI=1S/C9H10BrClN4O/c10-6-5-13-9(11)14-8(6)15-3-1-7(16)12-2-4-15/h5H,1-4H2,(H,12,16). The summed E-state index contributed by atoms with van der Waals surface area (Å²) >= 11 is 9.13. The number of hydrogen-bond donors (Lipinski definition) is 1. The first-order chi connectivity index (χ1) is 7.66. The van der Waals surface area contributed by atoms with Crippen molar-refractivity contribution in [1.82, 2.24) is 15.3 Å². The second-order valence-corrected chi connectivity index (χ2v) is 4.59. The van der Waals surface area contributed by atoms with E-state index in [-0.39, 0.29) is 11.2 Å². The van der Waals surface area contributed by atoms with Crippen molar-refractivity contribution in [2.75, 3.05) is 24.5 Å². The molecule has 1 aliphatic rings. The number of anilines is 1. The molecule has 1 aromatic rings. The van der Waals surface area contributed by atoms with Crippen molar-refractivity contribution >= 4 is 39.3 Å². The lowest BCUT2D eigenvalue weighted by molar-refractivity contribution is -0.120. The van der Waals surface area contributed by atoms with Crippen LogP contribution in [-0.2, 0) is 4.79 Å². The Labute approximate surface area is 106 Å². The Hall–Kier alpha value is -0.880. The number of carbonyl (C=O) groups is 1. The van der Waals surface area contributed by atoms with Gasteiger partial charge in [0.1, 0.15) is 5.82 Å². The quantitative estimate of drug-likeness (QED) is 0.793. The van der Waals surface area contributed by atoms with E-state index < -0.39 is 0 Å². The number of carbonyl (C=O) groups excluding carboxylic acids is 1. The Balaban J connectivity index is 2.22. The molecule has 2 rings (SSSR count). The molecule has 0 unspecified atom stereocenters. The number of nitrogens with one attached hydrogen (secondary N) is 1. The third-order valence-corrected chi connectivity index (χ3v) is 3.05. The summed E-state index contributed by atoms with van der Waals surface area (Å²) in [6.45, 7) is 1.97. The molecule has 1 aliphatic heterocycles. The van der Waals surface area contributed by atoms with Crippen molar-refractivity contribution in [2.24, 2.45) is 0 Å². The van der Waals surface area contributed by atoms with Gasteiger partial charge in [-0.15, -0.1) is 0 Å². The first-order valence-corrected chi connectivity index (χ1v) is 6.03. The molecule has 0 aliphatic carbocycles. The second-order valence-electron chi connectivity index (χ2n) is 3.40. The van der Waals surface area contributed by atoms with Crippen LogP contribution in [0.25, 0.3) is 0 Å². The minimum absolute atomic E-state index is 0.0683. The lowest BCUT2D eigenvalue weighted by Gasteiger charge is -2.21. The molecule has 1 aromatic heterocycles. The van der Waals surface area contributed by atoms with Gasteiger partial charge in [-0.2, -0.15) is 4.98 Å². The van der Waals surface area contributed by atoms with Crippen molar-refractivity contribution in [2.45, 2.75) is 6.42 Å². The van der Waals surface area contributed by atoms with E-state index in [2.05, 4.69) is 31.2 Å². The topological polar surface area (TPSA) is 58.1 Å². The summed E-state index contributed by atoms with van der Waals surface area (Å²) in [4.78, 5) is 21.2. The van der Waals surface area contributed by atoms with Gasteiger partial charge < -0.3 is 10.2 Å². The molecule has 7 heteroatoms. The molecule has 0 aromatic carbocycles. The fourth-order valence-corrected chi connectivity index (χ4v) is 2.11. The number of nitrogens with zero attached hydrogens (tertiary/aromatic N) is 3. The van der Waals surface area contributed by atoms with Gasteiger partial charge in [-0.05, 0) is 27.5 Å². The highest BCUT2D eigenvalue weighted by Crippen LogP contribution is 2.24. The number of rotatable bonds is 1. The maximum Gasteiger partial charge on any atom is 0.224 e. The van der Waals surface area contributed by atoms with Gasteiger partial charge in [0, 0.05) is 32.3 Å². The fourth-order valence-electron chi connectivity index (χ4n) is 1.54. The average Bonchev–Trinajstić information content (AvgIpc) is 2.47. The van der Waals surface area contributed by atoms with Crippen molar-refractivity contribution in [3.05, 3.63) is 16.0 Å². The molecular formula is C9H10BrClN4O. The van der Waals surface area contributed by atoms with Crippen LogP contribution < -0.4 is 10.2 Å². The van der Waals surface area contributed by atoms with Crippen molar-refractivity contribution in [3.8, 4) is 0 Å². The molecule has 1 N–H and O–H groups in total. The van der Waals surface area contributed by atoms with Crippen LogP contribution >= 0.6 is 27.5 Å². The lowest BCUT2D eigenvalue weighted by atomic mass is 10.4. The van der Waals surface area contributed by atoms with E-state index in [1.165, 1.54) is 0 Å². The van der Waals surface area contributed by atoms with E-state index >= 15 is 0 Å². The van der Waals surface area contributed by atoms with Gasteiger partial charge in [-0.1, -0.05) is 0 Å². The van der Waals surface area contributed by atoms with Gasteiger partial charge in [0.05, 0.1) is 4.47 Å². The molecule has 1 amide bonds. The van der Waals surface area contributed by atoms with Crippen LogP contribution in [0.5, 0.6) is 0 Å². The summed E-state index contributed by atoms with van der Waals surface area (Å²) in [6, 6.07) is 0. The molecule has 1 saturated heterocycles. The molecule has 5 nitrogen and oxygen atoms in total. The lowest BCUT2D eigenvalue weighted by Crippen LogP contribution is -2.29. The predicted octanol–water partition coefficient (Wildman–Crippen LogP) is 1.22. The first-order valence-electron chi connectivity index (χ1n) is 4.86. The third-order valence-electron chi connectivity index (χ3n) is 2.31. The smallest absolute Gasteiger partial charge is 0.224 e. The molecular weight excluding hydrogens is 295 g/mol. The highest BCUT2D eigenvalue weighted by atomic mass is 79.9. The molecule has 0 bridgehead atoms.